The number of carbonyl (C=O) groups is 4. The van der Waals surface area contributed by atoms with Gasteiger partial charge in [0.05, 0.1) is 33.0 Å². The molecule has 2 aromatic carbocycles. The first-order valence-corrected chi connectivity index (χ1v) is 30.5. The van der Waals surface area contributed by atoms with Gasteiger partial charge in [0, 0.05) is 49.4 Å². The minimum atomic E-state index is -0.723. The maximum atomic E-state index is 12.6. The van der Waals surface area contributed by atoms with Gasteiger partial charge in [0.25, 0.3) is 0 Å². The van der Waals surface area contributed by atoms with E-state index in [0.717, 1.165) is 124 Å². The molecule has 9 rings (SSSR count). The maximum Gasteiger partial charge on any atom is 1.00 e. The van der Waals surface area contributed by atoms with Crippen LogP contribution < -0.4 is 43.1 Å². The van der Waals surface area contributed by atoms with Crippen molar-refractivity contribution < 1.29 is 71.6 Å². The van der Waals surface area contributed by atoms with Gasteiger partial charge in [0.1, 0.15) is 13.2 Å². The molecule has 2 atom stereocenters. The number of aliphatic hydroxyl groups is 1. The molecule has 0 spiro atoms. The zero-order valence-electron chi connectivity index (χ0n) is 52.0. The quantitative estimate of drug-likeness (QED) is 0.0802. The van der Waals surface area contributed by atoms with Crippen LogP contribution in [-0.2, 0) is 19.1 Å². The summed E-state index contributed by atoms with van der Waals surface area (Å²) in [7, 11) is 3.30. The van der Waals surface area contributed by atoms with Crippen molar-refractivity contribution in [1.82, 2.24) is 10.2 Å². The van der Waals surface area contributed by atoms with Crippen LogP contribution in [0.2, 0.25) is 0 Å². The number of allylic oxidation sites excluding steroid dienone is 9. The van der Waals surface area contributed by atoms with Gasteiger partial charge in [-0.2, -0.15) is 6.42 Å². The van der Waals surface area contributed by atoms with Gasteiger partial charge in [-0.05, 0) is 203 Å². The Morgan fingerprint density at radius 2 is 1.06 bits per heavy atom. The van der Waals surface area contributed by atoms with E-state index in [9.17, 15) is 19.2 Å². The summed E-state index contributed by atoms with van der Waals surface area (Å²) in [6.45, 7) is 20.5. The van der Waals surface area contributed by atoms with Crippen LogP contribution in [-0.4, -0.2) is 92.7 Å². The van der Waals surface area contributed by atoms with Crippen molar-refractivity contribution in [3.63, 3.8) is 0 Å². The molecule has 13 nitrogen and oxygen atoms in total. The van der Waals surface area contributed by atoms with Crippen molar-refractivity contribution in [2.75, 3.05) is 47.1 Å². The number of methoxy groups -OCH3 is 2. The van der Waals surface area contributed by atoms with Crippen molar-refractivity contribution >= 4 is 34.9 Å². The zero-order chi connectivity index (χ0) is 59.6. The Hall–Kier alpha value is -5.19. The van der Waals surface area contributed by atoms with Crippen molar-refractivity contribution in [3.8, 4) is 23.0 Å². The van der Waals surface area contributed by atoms with Crippen molar-refractivity contribution in [3.05, 3.63) is 123 Å². The predicted octanol–water partition coefficient (Wildman–Crippen LogP) is 14.7. The van der Waals surface area contributed by atoms with E-state index in [1.807, 2.05) is 36.4 Å². The van der Waals surface area contributed by atoms with Crippen LogP contribution in [0.3, 0.4) is 0 Å². The fourth-order valence-electron chi connectivity index (χ4n) is 10.9. The number of aliphatic hydroxyl groups excluding tert-OH is 1. The number of halogens is 1. The summed E-state index contributed by atoms with van der Waals surface area (Å²) in [5, 5.41) is 11.7. The van der Waals surface area contributed by atoms with Crippen LogP contribution in [0.4, 0.5) is 9.59 Å². The normalized spacial score (nSPS) is 19.0. The number of amides is 3. The van der Waals surface area contributed by atoms with E-state index in [4.69, 9.17) is 45.1 Å². The first-order chi connectivity index (χ1) is 39.4. The molecule has 0 aromatic heterocycles. The molecule has 2 aliphatic heterocycles. The van der Waals surface area contributed by atoms with E-state index in [0.29, 0.717) is 38.0 Å². The zero-order valence-corrected chi connectivity index (χ0v) is 52.7. The first kappa shape index (κ1) is 75.9. The molecule has 2 unspecified atom stereocenters. The average Bonchev–Trinajstić information content (AvgIpc) is 3.59. The third-order valence-corrected chi connectivity index (χ3v) is 16.5. The number of hydrogen-bond donors (Lipinski definition) is 2. The molecule has 85 heavy (non-hydrogen) atoms. The van der Waals surface area contributed by atoms with Crippen LogP contribution in [0.5, 0.6) is 23.0 Å². The largest absolute Gasteiger partial charge is 1.00 e. The number of likely N-dealkylation sites (tertiary alicyclic amines) is 1. The summed E-state index contributed by atoms with van der Waals surface area (Å²) in [6.07, 6.45) is 27.9. The number of ether oxygens (including phenoxy) is 6. The van der Waals surface area contributed by atoms with Crippen molar-refractivity contribution in [2.45, 2.75) is 222 Å². The Labute approximate surface area is 529 Å². The van der Waals surface area contributed by atoms with Crippen LogP contribution in [0.1, 0.15) is 221 Å². The topological polar surface area (TPSA) is 159 Å². The Morgan fingerprint density at radius 1 is 0.635 bits per heavy atom. The fourth-order valence-corrected chi connectivity index (χ4v) is 11.0. The summed E-state index contributed by atoms with van der Waals surface area (Å²) >= 11 is 5.08. The number of rotatable bonds is 14. The van der Waals surface area contributed by atoms with Crippen molar-refractivity contribution in [2.24, 2.45) is 0 Å². The average molecular weight is 1190 g/mol. The molecular weight excluding hydrogens is 1090 g/mol. The summed E-state index contributed by atoms with van der Waals surface area (Å²) in [4.78, 5) is 48.2. The Balaban J connectivity index is 0.000000405. The number of benzene rings is 2. The van der Waals surface area contributed by atoms with E-state index in [2.05, 4.69) is 78.9 Å². The van der Waals surface area contributed by atoms with E-state index in [1.54, 1.807) is 19.8 Å². The van der Waals surface area contributed by atoms with Gasteiger partial charge in [-0.1, -0.05) is 92.0 Å². The molecule has 2 saturated carbocycles. The van der Waals surface area contributed by atoms with Crippen LogP contribution >= 0.6 is 11.6 Å². The second-order valence-corrected chi connectivity index (χ2v) is 23.4. The predicted molar refractivity (Wildman–Crippen MR) is 341 cm³/mol. The molecule has 2 N–H and O–H groups in total. The Morgan fingerprint density at radius 3 is 1.41 bits per heavy atom. The third kappa shape index (κ3) is 25.6. The molecule has 15 heteroatoms. The SMILES string of the molecule is C.C.CC(C)=C1CC=C(CO)CC1.CC(C)=C1CC=C(COC(=O)Cl)CC1.COc1ccc(C2CC(=O)N(C(=O)OCC3=CCC(=C(C)C)CC3)C2)cc1OC1CCCC1.COc1ccc(C2CNC(=O)C2)cc1OC1CCCC1.[CH2-]CCC.[Li+]. The second kappa shape index (κ2) is 40.3. The molecular formula is C70H104ClLiN2O11. The molecule has 5 aliphatic carbocycles. The first-order valence-electron chi connectivity index (χ1n) is 30.1. The minimum Gasteiger partial charge on any atom is -0.493 e. The number of nitrogens with zero attached hydrogens (tertiary/aromatic N) is 1. The van der Waals surface area contributed by atoms with Gasteiger partial charge in [-0.3, -0.25) is 9.59 Å². The van der Waals surface area contributed by atoms with E-state index < -0.39 is 11.5 Å². The molecule has 3 amide bonds. The van der Waals surface area contributed by atoms with E-state index in [-0.39, 0.29) is 83.1 Å². The summed E-state index contributed by atoms with van der Waals surface area (Å²) in [5.41, 5.74) is 13.6. The Bertz CT molecular complexity index is 2630. The monoisotopic (exact) mass is 1190 g/mol. The molecule has 2 heterocycles. The standard InChI is InChI=1S/C27H35NO5.C16H21NO3.C11H15ClO2.C10H16O.C4H9.2CH4.Li/c1-18(2)20-10-8-19(9-11-20)17-32-27(30)28-16-22(15-26(28)29)21-12-13-24(31-3)25(14-21)33-23-6-4-5-7-23;1-19-14-7-6-11(12-9-16(18)17-10-12)8-15(14)20-13-4-2-3-5-13;1-8(2)10-5-3-9(4-6-10)7-14-11(12)13;1-8(2)10-5-3-9(7-11)4-6-10;1-3-4-2;;;/h8,12-14,22-23H,4-7,9-11,15-17H2,1-3H3;6-8,12-13H,2-5,9-10H2,1H3,(H,17,18);3H,4-7H2,1-2H3;3,11H,4-7H2,1-2H3;1,3-4H2,2H3;2*1H4;/q;;;;-1;;;+1. The number of imide groups is 1. The van der Waals surface area contributed by atoms with Gasteiger partial charge in [0.2, 0.25) is 11.8 Å². The molecule has 4 fully saturated rings. The molecule has 0 bridgehead atoms. The fraction of sp³-hybridized carbons (Fsp3) is 0.586. The van der Waals surface area contributed by atoms with Crippen LogP contribution in [0.25, 0.3) is 0 Å². The molecule has 7 aliphatic rings. The number of nitrogens with one attached hydrogen (secondary N) is 1. The third-order valence-electron chi connectivity index (χ3n) is 16.4. The number of carbonyl (C=O) groups excluding carboxylic acids is 4. The minimum absolute atomic E-state index is 0. The van der Waals surface area contributed by atoms with Crippen LogP contribution in [0.15, 0.2) is 105 Å². The summed E-state index contributed by atoms with van der Waals surface area (Å²) < 4.78 is 33.4. The molecule has 2 saturated heterocycles. The molecule has 2 aromatic rings. The molecule has 468 valence electrons. The number of hydrogen-bond acceptors (Lipinski definition) is 11. The van der Waals surface area contributed by atoms with Gasteiger partial charge < -0.3 is 45.8 Å². The Kier molecular flexibility index (Phi) is 36.0. The van der Waals surface area contributed by atoms with Gasteiger partial charge in [0.15, 0.2) is 23.0 Å². The smallest absolute Gasteiger partial charge is 0.493 e. The molecule has 0 radical (unpaired) electrons. The van der Waals surface area contributed by atoms with Gasteiger partial charge >= 0.3 is 30.4 Å². The second-order valence-electron chi connectivity index (χ2n) is 23.1. The summed E-state index contributed by atoms with van der Waals surface area (Å²) in [5.74, 6) is 3.12. The van der Waals surface area contributed by atoms with Gasteiger partial charge in [-0.15, -0.1) is 0 Å². The summed E-state index contributed by atoms with van der Waals surface area (Å²) in [6, 6.07) is 11.8. The number of unbranched alkanes of at least 4 members (excludes halogenated alkanes) is 1. The maximum absolute atomic E-state index is 12.6. The van der Waals surface area contributed by atoms with Crippen molar-refractivity contribution in [1.29, 1.82) is 0 Å². The van der Waals surface area contributed by atoms with E-state index >= 15 is 0 Å². The van der Waals surface area contributed by atoms with E-state index in [1.165, 1.54) is 76.0 Å². The van der Waals surface area contributed by atoms with Gasteiger partial charge in [-0.25, -0.2) is 14.5 Å². The van der Waals surface area contributed by atoms with Crippen LogP contribution in [0, 0.1) is 6.92 Å².